The summed E-state index contributed by atoms with van der Waals surface area (Å²) in [7, 11) is 2.18. The minimum Gasteiger partial charge on any atom is -0.339 e. The Morgan fingerprint density at radius 3 is 2.68 bits per heavy atom. The van der Waals surface area contributed by atoms with Crippen molar-refractivity contribution in [1.29, 1.82) is 0 Å². The molecule has 0 atom stereocenters. The zero-order valence-electron chi connectivity index (χ0n) is 11.7. The van der Waals surface area contributed by atoms with Gasteiger partial charge >= 0.3 is 0 Å². The van der Waals surface area contributed by atoms with Gasteiger partial charge in [-0.3, -0.25) is 0 Å². The van der Waals surface area contributed by atoms with Gasteiger partial charge in [0, 0.05) is 50.2 Å². The van der Waals surface area contributed by atoms with Gasteiger partial charge in [0.2, 0.25) is 5.95 Å². The van der Waals surface area contributed by atoms with Crippen LogP contribution >= 0.6 is 0 Å². The molecule has 1 aromatic heterocycles. The molecule has 0 spiro atoms. The van der Waals surface area contributed by atoms with E-state index in [9.17, 15) is 0 Å². The summed E-state index contributed by atoms with van der Waals surface area (Å²) < 4.78 is 0. The molecular weight excluding hydrogens is 238 g/mol. The Balaban J connectivity index is 1.57. The molecule has 1 saturated heterocycles. The molecule has 19 heavy (non-hydrogen) atoms. The standard InChI is InChI=1S/C14H23N5/c1-18-5-2-6-19(8-7-18)14-16-10-12(11-17-14)9-15-13-3-4-13/h10-11,13,15H,2-9H2,1H3. The second kappa shape index (κ2) is 5.84. The van der Waals surface area contributed by atoms with Gasteiger partial charge in [-0.2, -0.15) is 0 Å². The molecule has 0 unspecified atom stereocenters. The fourth-order valence-electron chi connectivity index (χ4n) is 2.40. The molecule has 1 saturated carbocycles. The summed E-state index contributed by atoms with van der Waals surface area (Å²) >= 11 is 0. The van der Waals surface area contributed by atoms with Crippen molar-refractivity contribution < 1.29 is 0 Å². The first-order valence-corrected chi connectivity index (χ1v) is 7.29. The summed E-state index contributed by atoms with van der Waals surface area (Å²) in [4.78, 5) is 13.7. The van der Waals surface area contributed by atoms with Gasteiger partial charge in [0.05, 0.1) is 0 Å². The van der Waals surface area contributed by atoms with Gasteiger partial charge in [0.1, 0.15) is 0 Å². The van der Waals surface area contributed by atoms with Gasteiger partial charge in [0.15, 0.2) is 0 Å². The van der Waals surface area contributed by atoms with E-state index in [-0.39, 0.29) is 0 Å². The molecule has 1 N–H and O–H groups in total. The van der Waals surface area contributed by atoms with Crippen molar-refractivity contribution in [2.24, 2.45) is 0 Å². The van der Waals surface area contributed by atoms with Crippen LogP contribution in [0.25, 0.3) is 0 Å². The zero-order valence-corrected chi connectivity index (χ0v) is 11.7. The van der Waals surface area contributed by atoms with Crippen LogP contribution < -0.4 is 10.2 Å². The maximum absolute atomic E-state index is 4.52. The third-order valence-electron chi connectivity index (χ3n) is 3.87. The van der Waals surface area contributed by atoms with Crippen molar-refractivity contribution >= 4 is 5.95 Å². The molecular formula is C14H23N5. The lowest BCUT2D eigenvalue weighted by Crippen LogP contribution is -2.30. The third kappa shape index (κ3) is 3.64. The highest BCUT2D eigenvalue weighted by Crippen LogP contribution is 2.19. The van der Waals surface area contributed by atoms with E-state index in [1.807, 2.05) is 12.4 Å². The predicted molar refractivity (Wildman–Crippen MR) is 76.2 cm³/mol. The average molecular weight is 261 g/mol. The summed E-state index contributed by atoms with van der Waals surface area (Å²) in [6, 6.07) is 0.737. The van der Waals surface area contributed by atoms with E-state index in [0.29, 0.717) is 0 Å². The lowest BCUT2D eigenvalue weighted by atomic mass is 10.3. The van der Waals surface area contributed by atoms with Crippen LogP contribution in [0.5, 0.6) is 0 Å². The Bertz CT molecular complexity index is 401. The topological polar surface area (TPSA) is 44.3 Å². The third-order valence-corrected chi connectivity index (χ3v) is 3.87. The number of likely N-dealkylation sites (N-methyl/N-ethyl adjacent to an activating group) is 1. The number of nitrogens with one attached hydrogen (secondary N) is 1. The molecule has 5 nitrogen and oxygen atoms in total. The smallest absolute Gasteiger partial charge is 0.225 e. The highest BCUT2D eigenvalue weighted by atomic mass is 15.3. The quantitative estimate of drug-likeness (QED) is 0.871. The number of hydrogen-bond acceptors (Lipinski definition) is 5. The minimum atomic E-state index is 0.737. The zero-order chi connectivity index (χ0) is 13.1. The largest absolute Gasteiger partial charge is 0.339 e. The van der Waals surface area contributed by atoms with Gasteiger partial charge in [-0.25, -0.2) is 9.97 Å². The number of nitrogens with zero attached hydrogens (tertiary/aromatic N) is 4. The van der Waals surface area contributed by atoms with Crippen molar-refractivity contribution in [1.82, 2.24) is 20.2 Å². The number of aromatic nitrogens is 2. The summed E-state index contributed by atoms with van der Waals surface area (Å²) in [5.74, 6) is 0.880. The lowest BCUT2D eigenvalue weighted by Gasteiger charge is -2.20. The summed E-state index contributed by atoms with van der Waals surface area (Å²) in [5, 5.41) is 3.49. The fraction of sp³-hybridized carbons (Fsp3) is 0.714. The normalized spacial score (nSPS) is 21.4. The highest BCUT2D eigenvalue weighted by molar-refractivity contribution is 5.30. The van der Waals surface area contributed by atoms with Crippen LogP contribution in [0.1, 0.15) is 24.8 Å². The van der Waals surface area contributed by atoms with E-state index in [2.05, 4.69) is 32.1 Å². The van der Waals surface area contributed by atoms with Gasteiger partial charge in [-0.05, 0) is 32.9 Å². The second-order valence-electron chi connectivity index (χ2n) is 5.69. The van der Waals surface area contributed by atoms with Crippen molar-refractivity contribution in [2.75, 3.05) is 38.1 Å². The molecule has 2 aliphatic rings. The fourth-order valence-corrected chi connectivity index (χ4v) is 2.40. The molecule has 1 aliphatic carbocycles. The molecule has 104 valence electrons. The summed E-state index contributed by atoms with van der Waals surface area (Å²) in [6.07, 6.45) is 7.75. The molecule has 0 amide bonds. The summed E-state index contributed by atoms with van der Waals surface area (Å²) in [5.41, 5.74) is 1.18. The van der Waals surface area contributed by atoms with E-state index in [4.69, 9.17) is 0 Å². The first-order valence-electron chi connectivity index (χ1n) is 7.29. The van der Waals surface area contributed by atoms with Crippen molar-refractivity contribution in [3.63, 3.8) is 0 Å². The monoisotopic (exact) mass is 261 g/mol. The Morgan fingerprint density at radius 2 is 1.95 bits per heavy atom. The number of anilines is 1. The van der Waals surface area contributed by atoms with Crippen LogP contribution in [-0.2, 0) is 6.54 Å². The van der Waals surface area contributed by atoms with Crippen LogP contribution in [0.3, 0.4) is 0 Å². The van der Waals surface area contributed by atoms with Gasteiger partial charge < -0.3 is 15.1 Å². The van der Waals surface area contributed by atoms with E-state index in [1.54, 1.807) is 0 Å². The Labute approximate surface area is 115 Å². The highest BCUT2D eigenvalue weighted by Gasteiger charge is 2.20. The van der Waals surface area contributed by atoms with Crippen LogP contribution in [0.2, 0.25) is 0 Å². The van der Waals surface area contributed by atoms with Crippen molar-refractivity contribution in [3.8, 4) is 0 Å². The maximum Gasteiger partial charge on any atom is 0.225 e. The lowest BCUT2D eigenvalue weighted by molar-refractivity contribution is 0.360. The SMILES string of the molecule is CN1CCCN(c2ncc(CNC3CC3)cn2)CC1. The average Bonchev–Trinajstić information content (AvgIpc) is 3.25. The van der Waals surface area contributed by atoms with Crippen LogP contribution in [-0.4, -0.2) is 54.1 Å². The van der Waals surface area contributed by atoms with Gasteiger partial charge in [-0.1, -0.05) is 0 Å². The molecule has 1 aromatic rings. The Hall–Kier alpha value is -1.20. The van der Waals surface area contributed by atoms with Crippen molar-refractivity contribution in [2.45, 2.75) is 31.8 Å². The number of hydrogen-bond donors (Lipinski definition) is 1. The van der Waals surface area contributed by atoms with Crippen LogP contribution in [0.15, 0.2) is 12.4 Å². The Morgan fingerprint density at radius 1 is 1.16 bits per heavy atom. The van der Waals surface area contributed by atoms with Gasteiger partial charge in [-0.15, -0.1) is 0 Å². The van der Waals surface area contributed by atoms with E-state index in [1.165, 1.54) is 31.4 Å². The second-order valence-corrected chi connectivity index (χ2v) is 5.69. The predicted octanol–water partition coefficient (Wildman–Crippen LogP) is 0.870. The molecule has 0 bridgehead atoms. The molecule has 5 heteroatoms. The van der Waals surface area contributed by atoms with E-state index in [0.717, 1.165) is 38.2 Å². The minimum absolute atomic E-state index is 0.737. The number of rotatable bonds is 4. The molecule has 2 fully saturated rings. The first-order chi connectivity index (χ1) is 9.31. The maximum atomic E-state index is 4.52. The molecule has 0 aromatic carbocycles. The van der Waals surface area contributed by atoms with Gasteiger partial charge in [0.25, 0.3) is 0 Å². The molecule has 1 aliphatic heterocycles. The van der Waals surface area contributed by atoms with E-state index < -0.39 is 0 Å². The van der Waals surface area contributed by atoms with Crippen LogP contribution in [0.4, 0.5) is 5.95 Å². The molecule has 2 heterocycles. The first kappa shape index (κ1) is 12.8. The van der Waals surface area contributed by atoms with Crippen molar-refractivity contribution in [3.05, 3.63) is 18.0 Å². The molecule has 0 radical (unpaired) electrons. The van der Waals surface area contributed by atoms with E-state index >= 15 is 0 Å². The summed E-state index contributed by atoms with van der Waals surface area (Å²) in [6.45, 7) is 5.24. The Kier molecular flexibility index (Phi) is 3.94. The molecule has 3 rings (SSSR count). The van der Waals surface area contributed by atoms with Crippen LogP contribution in [0, 0.1) is 0 Å².